The number of aromatic nitrogens is 4. The molecule has 2 aromatic heterocycles. The molecule has 0 amide bonds. The second-order valence-corrected chi connectivity index (χ2v) is 11.2. The van der Waals surface area contributed by atoms with Crippen molar-refractivity contribution in [3.8, 4) is 0 Å². The quantitative estimate of drug-likeness (QED) is 0.241. The third kappa shape index (κ3) is 8.76. The lowest BCUT2D eigenvalue weighted by Crippen LogP contribution is -2.41. The summed E-state index contributed by atoms with van der Waals surface area (Å²) in [5, 5.41) is 0. The first-order chi connectivity index (χ1) is 21.6. The van der Waals surface area contributed by atoms with Gasteiger partial charge < -0.3 is 48.0 Å². The van der Waals surface area contributed by atoms with E-state index in [4.69, 9.17) is 48.4 Å². The predicted molar refractivity (Wildman–Crippen MR) is 172 cm³/mol. The molecule has 0 spiro atoms. The first-order valence-corrected chi connectivity index (χ1v) is 15.7. The SMILES string of the molecule is COCCN(CCOC)c1nc(N2CCCC(OC)C2)c2nc(N(CCOC)CCOC)nc(N3CCC(OC)CC3)c2n1. The van der Waals surface area contributed by atoms with E-state index >= 15 is 0 Å². The van der Waals surface area contributed by atoms with Crippen LogP contribution in [0.2, 0.25) is 0 Å². The van der Waals surface area contributed by atoms with Gasteiger partial charge in [0.25, 0.3) is 0 Å². The van der Waals surface area contributed by atoms with Gasteiger partial charge in [-0.05, 0) is 25.7 Å². The van der Waals surface area contributed by atoms with Gasteiger partial charge in [-0.1, -0.05) is 0 Å². The number of ether oxygens (including phenoxy) is 6. The zero-order valence-corrected chi connectivity index (χ0v) is 27.5. The van der Waals surface area contributed by atoms with E-state index in [1.807, 2.05) is 0 Å². The molecule has 0 aromatic carbocycles. The summed E-state index contributed by atoms with van der Waals surface area (Å²) in [7, 11) is 10.4. The van der Waals surface area contributed by atoms with E-state index in [-0.39, 0.29) is 12.2 Å². The maximum Gasteiger partial charge on any atom is 0.228 e. The van der Waals surface area contributed by atoms with Gasteiger partial charge >= 0.3 is 0 Å². The summed E-state index contributed by atoms with van der Waals surface area (Å²) in [5.41, 5.74) is 1.47. The summed E-state index contributed by atoms with van der Waals surface area (Å²) in [4.78, 5) is 29.7. The maximum atomic E-state index is 5.81. The third-order valence-corrected chi connectivity index (χ3v) is 8.40. The molecule has 14 heteroatoms. The summed E-state index contributed by atoms with van der Waals surface area (Å²) in [6, 6.07) is 0. The molecule has 0 radical (unpaired) electrons. The standard InChI is InChI=1S/C30H52N8O6/c1-39-18-14-36(15-19-40-2)29-32-26-25(27(33-29)35-12-9-23(43-5)10-13-35)31-30(37(16-20-41-3)17-21-42-4)34-28(26)38-11-7-8-24(22-38)44-6/h23-24H,7-22H2,1-6H3. The van der Waals surface area contributed by atoms with Gasteiger partial charge in [0.05, 0.1) is 38.6 Å². The molecule has 14 nitrogen and oxygen atoms in total. The minimum absolute atomic E-state index is 0.115. The van der Waals surface area contributed by atoms with Crippen LogP contribution in [0.1, 0.15) is 25.7 Å². The molecule has 2 fully saturated rings. The van der Waals surface area contributed by atoms with Crippen molar-refractivity contribution in [1.82, 2.24) is 19.9 Å². The predicted octanol–water partition coefficient (Wildman–Crippen LogP) is 1.85. The normalized spacial score (nSPS) is 17.9. The Morgan fingerprint density at radius 3 is 1.45 bits per heavy atom. The molecule has 2 aliphatic heterocycles. The van der Waals surface area contributed by atoms with Gasteiger partial charge in [-0.15, -0.1) is 0 Å². The Bertz CT molecular complexity index is 1120. The van der Waals surface area contributed by atoms with Gasteiger partial charge in [0.15, 0.2) is 11.6 Å². The van der Waals surface area contributed by atoms with Crippen LogP contribution in [0.5, 0.6) is 0 Å². The molecule has 2 aromatic rings. The van der Waals surface area contributed by atoms with Crippen LogP contribution in [0, 0.1) is 0 Å². The van der Waals surface area contributed by atoms with Crippen LogP contribution < -0.4 is 19.6 Å². The van der Waals surface area contributed by atoms with Crippen LogP contribution in [0.3, 0.4) is 0 Å². The van der Waals surface area contributed by atoms with Gasteiger partial charge in [0.2, 0.25) is 11.9 Å². The fourth-order valence-electron chi connectivity index (χ4n) is 5.74. The topological polar surface area (TPSA) is 120 Å². The van der Waals surface area contributed by atoms with Gasteiger partial charge in [0, 0.05) is 95.0 Å². The van der Waals surface area contributed by atoms with Crippen LogP contribution in [0.15, 0.2) is 0 Å². The van der Waals surface area contributed by atoms with Crippen molar-refractivity contribution >= 4 is 34.6 Å². The van der Waals surface area contributed by atoms with Crippen LogP contribution in [0.4, 0.5) is 23.5 Å². The molecular formula is C30H52N8O6. The van der Waals surface area contributed by atoms with Crippen LogP contribution in [-0.2, 0) is 28.4 Å². The minimum atomic E-state index is 0.115. The Labute approximate surface area is 261 Å². The zero-order chi connectivity index (χ0) is 31.3. The molecule has 0 saturated carbocycles. The van der Waals surface area contributed by atoms with Crippen LogP contribution in [0.25, 0.3) is 11.0 Å². The summed E-state index contributed by atoms with van der Waals surface area (Å²) >= 11 is 0. The summed E-state index contributed by atoms with van der Waals surface area (Å²) in [5.74, 6) is 2.83. The third-order valence-electron chi connectivity index (χ3n) is 8.40. The van der Waals surface area contributed by atoms with E-state index in [0.717, 1.165) is 74.5 Å². The lowest BCUT2D eigenvalue weighted by atomic mass is 10.1. The van der Waals surface area contributed by atoms with Gasteiger partial charge in [-0.3, -0.25) is 0 Å². The van der Waals surface area contributed by atoms with Crippen molar-refractivity contribution in [3.63, 3.8) is 0 Å². The Kier molecular flexibility index (Phi) is 13.8. The van der Waals surface area contributed by atoms with E-state index in [2.05, 4.69) is 19.6 Å². The highest BCUT2D eigenvalue weighted by Crippen LogP contribution is 2.35. The number of piperidine rings is 2. The van der Waals surface area contributed by atoms with Crippen LogP contribution >= 0.6 is 0 Å². The zero-order valence-electron chi connectivity index (χ0n) is 27.5. The summed E-state index contributed by atoms with van der Waals surface area (Å²) in [6.07, 6.45) is 4.18. The van der Waals surface area contributed by atoms with Crippen molar-refractivity contribution in [2.75, 3.05) is 141 Å². The highest BCUT2D eigenvalue weighted by atomic mass is 16.5. The fraction of sp³-hybridized carbons (Fsp3) is 0.800. The lowest BCUT2D eigenvalue weighted by molar-refractivity contribution is 0.0818. The average molecular weight is 621 g/mol. The molecule has 0 N–H and O–H groups in total. The molecule has 44 heavy (non-hydrogen) atoms. The fourth-order valence-corrected chi connectivity index (χ4v) is 5.74. The van der Waals surface area contributed by atoms with Crippen molar-refractivity contribution in [2.45, 2.75) is 37.9 Å². The number of hydrogen-bond acceptors (Lipinski definition) is 14. The average Bonchev–Trinajstić information content (AvgIpc) is 3.07. The molecule has 2 saturated heterocycles. The van der Waals surface area contributed by atoms with Gasteiger partial charge in [0.1, 0.15) is 11.0 Å². The van der Waals surface area contributed by atoms with Crippen molar-refractivity contribution in [3.05, 3.63) is 0 Å². The van der Waals surface area contributed by atoms with E-state index in [1.54, 1.807) is 42.7 Å². The van der Waals surface area contributed by atoms with E-state index in [1.165, 1.54) is 0 Å². The molecule has 0 bridgehead atoms. The van der Waals surface area contributed by atoms with Crippen molar-refractivity contribution in [2.24, 2.45) is 0 Å². The Hall–Kier alpha value is -2.62. The second kappa shape index (κ2) is 17.8. The van der Waals surface area contributed by atoms with E-state index < -0.39 is 0 Å². The Morgan fingerprint density at radius 1 is 0.568 bits per heavy atom. The Balaban J connectivity index is 1.92. The van der Waals surface area contributed by atoms with E-state index in [9.17, 15) is 0 Å². The number of fused-ring (bicyclic) bond motifs is 1. The molecule has 0 aliphatic carbocycles. The molecule has 4 rings (SSSR count). The molecule has 1 unspecified atom stereocenters. The first kappa shape index (κ1) is 34.3. The second-order valence-electron chi connectivity index (χ2n) is 11.2. The molecule has 4 heterocycles. The maximum absolute atomic E-state index is 5.81. The molecule has 1 atom stereocenters. The molecule has 2 aliphatic rings. The van der Waals surface area contributed by atoms with Gasteiger partial charge in [-0.2, -0.15) is 9.97 Å². The highest BCUT2D eigenvalue weighted by molar-refractivity contribution is 5.95. The highest BCUT2D eigenvalue weighted by Gasteiger charge is 2.30. The Morgan fingerprint density at radius 2 is 1.02 bits per heavy atom. The number of anilines is 4. The van der Waals surface area contributed by atoms with E-state index in [0.29, 0.717) is 64.5 Å². The lowest BCUT2D eigenvalue weighted by Gasteiger charge is -2.35. The number of rotatable bonds is 18. The number of nitrogens with zero attached hydrogens (tertiary/aromatic N) is 8. The molecule has 248 valence electrons. The largest absolute Gasteiger partial charge is 0.383 e. The minimum Gasteiger partial charge on any atom is -0.383 e. The monoisotopic (exact) mass is 620 g/mol. The summed E-state index contributed by atoms with van der Waals surface area (Å²) in [6.45, 7) is 7.85. The first-order valence-electron chi connectivity index (χ1n) is 15.7. The van der Waals surface area contributed by atoms with Crippen LogP contribution in [-0.4, -0.2) is 154 Å². The van der Waals surface area contributed by atoms with Gasteiger partial charge in [-0.25, -0.2) is 9.97 Å². The van der Waals surface area contributed by atoms with Crippen molar-refractivity contribution < 1.29 is 28.4 Å². The smallest absolute Gasteiger partial charge is 0.228 e. The summed E-state index contributed by atoms with van der Waals surface area (Å²) < 4.78 is 33.3. The van der Waals surface area contributed by atoms with Crippen molar-refractivity contribution in [1.29, 1.82) is 0 Å². The number of methoxy groups -OCH3 is 6. The molecular weight excluding hydrogens is 568 g/mol. The number of hydrogen-bond donors (Lipinski definition) is 0.